The summed E-state index contributed by atoms with van der Waals surface area (Å²) in [5, 5.41) is 3.38. The van der Waals surface area contributed by atoms with Crippen LogP contribution >= 0.6 is 27.5 Å². The fourth-order valence-corrected chi connectivity index (χ4v) is 1.79. The number of hydrogen-bond acceptors (Lipinski definition) is 2. The molecule has 0 spiro atoms. The van der Waals surface area contributed by atoms with Gasteiger partial charge in [0.1, 0.15) is 5.75 Å². The molecule has 3 nitrogen and oxygen atoms in total. The number of carbonyl (C=O) groups excluding carboxylic acids is 1. The molecule has 1 N–H and O–H groups in total. The van der Waals surface area contributed by atoms with Crippen molar-refractivity contribution < 1.29 is 9.53 Å². The van der Waals surface area contributed by atoms with Crippen molar-refractivity contribution >= 4 is 33.4 Å². The van der Waals surface area contributed by atoms with E-state index >= 15 is 0 Å². The molecular formula is C13H17BrClNO2. The molecule has 0 bridgehead atoms. The standard InChI is InChI=1S/C13H17BrClNO2/c1-8(2)7-16-13(17)9(3)18-11-6-4-5-10(15)12(11)14/h4-6,8-9H,7H2,1-3H3,(H,16,17). The molecule has 0 fully saturated rings. The molecule has 0 heterocycles. The van der Waals surface area contributed by atoms with Crippen molar-refractivity contribution in [2.75, 3.05) is 6.54 Å². The van der Waals surface area contributed by atoms with Gasteiger partial charge in [-0.1, -0.05) is 31.5 Å². The Morgan fingerprint density at radius 3 is 2.72 bits per heavy atom. The Labute approximate surface area is 121 Å². The molecule has 1 unspecified atom stereocenters. The van der Waals surface area contributed by atoms with Crippen LogP contribution in [0.1, 0.15) is 20.8 Å². The van der Waals surface area contributed by atoms with Gasteiger partial charge in [-0.15, -0.1) is 0 Å². The molecule has 1 aromatic rings. The van der Waals surface area contributed by atoms with Crippen molar-refractivity contribution in [2.45, 2.75) is 26.9 Å². The van der Waals surface area contributed by atoms with Gasteiger partial charge in [-0.05, 0) is 40.9 Å². The van der Waals surface area contributed by atoms with E-state index in [0.29, 0.717) is 27.7 Å². The summed E-state index contributed by atoms with van der Waals surface area (Å²) in [6.45, 7) is 6.44. The van der Waals surface area contributed by atoms with Gasteiger partial charge in [0, 0.05) is 6.54 Å². The minimum absolute atomic E-state index is 0.129. The normalized spacial score (nSPS) is 12.3. The molecule has 1 amide bonds. The number of carbonyl (C=O) groups is 1. The molecule has 5 heteroatoms. The lowest BCUT2D eigenvalue weighted by molar-refractivity contribution is -0.127. The first kappa shape index (κ1) is 15.3. The fraction of sp³-hybridized carbons (Fsp3) is 0.462. The monoisotopic (exact) mass is 333 g/mol. The molecule has 0 saturated heterocycles. The molecular weight excluding hydrogens is 318 g/mol. The number of nitrogens with one attached hydrogen (secondary N) is 1. The van der Waals surface area contributed by atoms with Crippen molar-refractivity contribution in [3.63, 3.8) is 0 Å². The predicted molar refractivity (Wildman–Crippen MR) is 77.1 cm³/mol. The zero-order valence-electron chi connectivity index (χ0n) is 10.7. The lowest BCUT2D eigenvalue weighted by Gasteiger charge is -2.16. The van der Waals surface area contributed by atoms with Crippen LogP contribution in [-0.4, -0.2) is 18.6 Å². The zero-order valence-corrected chi connectivity index (χ0v) is 13.0. The quantitative estimate of drug-likeness (QED) is 0.893. The van der Waals surface area contributed by atoms with Crippen molar-refractivity contribution in [3.05, 3.63) is 27.7 Å². The Balaban J connectivity index is 2.61. The summed E-state index contributed by atoms with van der Waals surface area (Å²) in [5.41, 5.74) is 0. The van der Waals surface area contributed by atoms with E-state index in [1.807, 2.05) is 13.8 Å². The van der Waals surface area contributed by atoms with Gasteiger partial charge in [0.15, 0.2) is 6.10 Å². The number of benzene rings is 1. The summed E-state index contributed by atoms with van der Waals surface area (Å²) in [6.07, 6.45) is -0.557. The Bertz CT molecular complexity index is 423. The van der Waals surface area contributed by atoms with Gasteiger partial charge in [-0.25, -0.2) is 0 Å². The van der Waals surface area contributed by atoms with Crippen molar-refractivity contribution in [1.82, 2.24) is 5.32 Å². The first-order chi connectivity index (χ1) is 8.41. The summed E-state index contributed by atoms with van der Waals surface area (Å²) in [6, 6.07) is 5.30. The Hall–Kier alpha value is -0.740. The molecule has 18 heavy (non-hydrogen) atoms. The van der Waals surface area contributed by atoms with Gasteiger partial charge in [0.05, 0.1) is 9.50 Å². The summed E-state index contributed by atoms with van der Waals surface area (Å²) in [7, 11) is 0. The molecule has 1 atom stereocenters. The number of hydrogen-bond donors (Lipinski definition) is 1. The summed E-state index contributed by atoms with van der Waals surface area (Å²) >= 11 is 9.28. The average Bonchev–Trinajstić information content (AvgIpc) is 2.31. The van der Waals surface area contributed by atoms with Gasteiger partial charge >= 0.3 is 0 Å². The summed E-state index contributed by atoms with van der Waals surface area (Å²) < 4.78 is 6.24. The molecule has 0 saturated carbocycles. The topological polar surface area (TPSA) is 38.3 Å². The maximum atomic E-state index is 11.8. The van der Waals surface area contributed by atoms with Crippen LogP contribution in [0.15, 0.2) is 22.7 Å². The largest absolute Gasteiger partial charge is 0.480 e. The number of ether oxygens (including phenoxy) is 1. The minimum Gasteiger partial charge on any atom is -0.480 e. The lowest BCUT2D eigenvalue weighted by Crippen LogP contribution is -2.38. The molecule has 0 aromatic heterocycles. The van der Waals surface area contributed by atoms with E-state index in [9.17, 15) is 4.79 Å². The highest BCUT2D eigenvalue weighted by molar-refractivity contribution is 9.10. The zero-order chi connectivity index (χ0) is 13.7. The van der Waals surface area contributed by atoms with Crippen molar-refractivity contribution in [3.8, 4) is 5.75 Å². The third-order valence-electron chi connectivity index (χ3n) is 2.27. The summed E-state index contributed by atoms with van der Waals surface area (Å²) in [4.78, 5) is 11.8. The van der Waals surface area contributed by atoms with Crippen LogP contribution in [0.5, 0.6) is 5.75 Å². The van der Waals surface area contributed by atoms with Gasteiger partial charge in [0.2, 0.25) is 0 Å². The Kier molecular flexibility index (Phi) is 5.96. The minimum atomic E-state index is -0.557. The van der Waals surface area contributed by atoms with Crippen LogP contribution in [0.3, 0.4) is 0 Å². The van der Waals surface area contributed by atoms with Crippen LogP contribution in [0.2, 0.25) is 5.02 Å². The second kappa shape index (κ2) is 7.00. The Morgan fingerprint density at radius 1 is 1.44 bits per heavy atom. The van der Waals surface area contributed by atoms with E-state index in [-0.39, 0.29) is 5.91 Å². The van der Waals surface area contributed by atoms with Crippen LogP contribution in [-0.2, 0) is 4.79 Å². The second-order valence-electron chi connectivity index (χ2n) is 4.45. The molecule has 100 valence electrons. The fourth-order valence-electron chi connectivity index (χ4n) is 1.27. The molecule has 1 rings (SSSR count). The third-order valence-corrected chi connectivity index (χ3v) is 3.63. The molecule has 0 aliphatic rings. The first-order valence-corrected chi connectivity index (χ1v) is 6.97. The highest BCUT2D eigenvalue weighted by Crippen LogP contribution is 2.32. The molecule has 0 aliphatic heterocycles. The van der Waals surface area contributed by atoms with E-state index in [4.69, 9.17) is 16.3 Å². The average molecular weight is 335 g/mol. The number of rotatable bonds is 5. The highest BCUT2D eigenvalue weighted by atomic mass is 79.9. The predicted octanol–water partition coefficient (Wildman–Crippen LogP) is 3.64. The van der Waals surface area contributed by atoms with Crippen LogP contribution in [0.25, 0.3) is 0 Å². The van der Waals surface area contributed by atoms with E-state index in [1.54, 1.807) is 25.1 Å². The number of halogens is 2. The molecule has 0 radical (unpaired) electrons. The third kappa shape index (κ3) is 4.50. The molecule has 0 aliphatic carbocycles. The van der Waals surface area contributed by atoms with E-state index in [1.165, 1.54) is 0 Å². The van der Waals surface area contributed by atoms with Crippen molar-refractivity contribution in [2.24, 2.45) is 5.92 Å². The van der Waals surface area contributed by atoms with Gasteiger partial charge in [0.25, 0.3) is 5.91 Å². The van der Waals surface area contributed by atoms with Crippen LogP contribution in [0, 0.1) is 5.92 Å². The van der Waals surface area contributed by atoms with E-state index < -0.39 is 6.10 Å². The maximum Gasteiger partial charge on any atom is 0.260 e. The second-order valence-corrected chi connectivity index (χ2v) is 5.65. The lowest BCUT2D eigenvalue weighted by atomic mass is 10.2. The van der Waals surface area contributed by atoms with E-state index in [2.05, 4.69) is 21.2 Å². The van der Waals surface area contributed by atoms with E-state index in [0.717, 1.165) is 0 Å². The van der Waals surface area contributed by atoms with Crippen LogP contribution < -0.4 is 10.1 Å². The van der Waals surface area contributed by atoms with Crippen molar-refractivity contribution in [1.29, 1.82) is 0 Å². The van der Waals surface area contributed by atoms with Gasteiger partial charge in [-0.2, -0.15) is 0 Å². The Morgan fingerprint density at radius 2 is 2.11 bits per heavy atom. The highest BCUT2D eigenvalue weighted by Gasteiger charge is 2.16. The smallest absolute Gasteiger partial charge is 0.260 e. The van der Waals surface area contributed by atoms with Gasteiger partial charge in [-0.3, -0.25) is 4.79 Å². The molecule has 1 aromatic carbocycles. The summed E-state index contributed by atoms with van der Waals surface area (Å²) in [5.74, 6) is 0.851. The SMILES string of the molecule is CC(C)CNC(=O)C(C)Oc1cccc(Cl)c1Br. The first-order valence-electron chi connectivity index (χ1n) is 5.80. The van der Waals surface area contributed by atoms with Gasteiger partial charge < -0.3 is 10.1 Å². The van der Waals surface area contributed by atoms with Crippen LogP contribution in [0.4, 0.5) is 0 Å². The maximum absolute atomic E-state index is 11.8. The number of amides is 1.